The minimum absolute atomic E-state index is 0.0874. The molecule has 2 heterocycles. The number of amides is 1. The second-order valence-electron chi connectivity index (χ2n) is 8.12. The molecule has 0 radical (unpaired) electrons. The highest BCUT2D eigenvalue weighted by atomic mass is 35.5. The molecule has 1 atom stereocenters. The normalized spacial score (nSPS) is 17.6. The Balaban J connectivity index is 1.76. The van der Waals surface area contributed by atoms with Crippen LogP contribution in [0, 0.1) is 19.7 Å². The van der Waals surface area contributed by atoms with Gasteiger partial charge in [-0.1, -0.05) is 47.2 Å². The highest BCUT2D eigenvalue weighted by Crippen LogP contribution is 2.45. The molecule has 1 aliphatic rings. The van der Waals surface area contributed by atoms with Crippen LogP contribution in [0.4, 0.5) is 9.52 Å². The fraction of sp³-hybridized carbons (Fsp3) is 0.115. The maximum absolute atomic E-state index is 15.0. The van der Waals surface area contributed by atoms with Gasteiger partial charge >= 0.3 is 5.91 Å². The number of aliphatic hydroxyl groups excluding tert-OH is 1. The van der Waals surface area contributed by atoms with E-state index in [2.05, 4.69) is 4.98 Å². The third-order valence-electron chi connectivity index (χ3n) is 5.79. The van der Waals surface area contributed by atoms with Crippen molar-refractivity contribution in [1.29, 1.82) is 0 Å². The molecule has 1 aliphatic heterocycles. The van der Waals surface area contributed by atoms with Crippen molar-refractivity contribution in [2.45, 2.75) is 19.9 Å². The molecule has 8 heteroatoms. The molecule has 1 N–H and O–H groups in total. The fourth-order valence-electron chi connectivity index (χ4n) is 4.25. The second-order valence-corrected chi connectivity index (χ2v) is 9.57. The topological polar surface area (TPSA) is 70.5 Å². The zero-order chi connectivity index (χ0) is 24.1. The number of hydrogen-bond donors (Lipinski definition) is 1. The number of rotatable bonds is 3. The molecule has 5 nitrogen and oxygen atoms in total. The van der Waals surface area contributed by atoms with Crippen LogP contribution in [0.2, 0.25) is 5.02 Å². The molecule has 0 saturated carbocycles. The Bertz CT molecular complexity index is 1510. The van der Waals surface area contributed by atoms with E-state index in [0.29, 0.717) is 16.1 Å². The molecule has 1 saturated heterocycles. The number of benzene rings is 3. The highest BCUT2D eigenvalue weighted by Gasteiger charge is 2.49. The molecule has 4 aromatic rings. The molecular weight excluding hydrogens is 475 g/mol. The smallest absolute Gasteiger partial charge is 0.301 e. The van der Waals surface area contributed by atoms with Crippen molar-refractivity contribution in [3.8, 4) is 0 Å². The lowest BCUT2D eigenvalue weighted by molar-refractivity contribution is -0.132. The zero-order valence-electron chi connectivity index (χ0n) is 18.2. The van der Waals surface area contributed by atoms with Crippen LogP contribution in [0.25, 0.3) is 16.0 Å². The van der Waals surface area contributed by atoms with Crippen LogP contribution >= 0.6 is 22.9 Å². The highest BCUT2D eigenvalue weighted by molar-refractivity contribution is 7.22. The van der Waals surface area contributed by atoms with E-state index in [1.54, 1.807) is 18.2 Å². The first-order chi connectivity index (χ1) is 16.3. The molecule has 34 heavy (non-hydrogen) atoms. The average molecular weight is 493 g/mol. The Kier molecular flexibility index (Phi) is 5.46. The maximum atomic E-state index is 15.0. The van der Waals surface area contributed by atoms with E-state index in [4.69, 9.17) is 11.6 Å². The monoisotopic (exact) mass is 492 g/mol. The molecule has 0 bridgehead atoms. The summed E-state index contributed by atoms with van der Waals surface area (Å²) in [6.07, 6.45) is 0. The molecule has 5 rings (SSSR count). The Hall–Kier alpha value is -3.55. The zero-order valence-corrected chi connectivity index (χ0v) is 19.7. The van der Waals surface area contributed by atoms with Crippen LogP contribution in [0.1, 0.15) is 28.3 Å². The van der Waals surface area contributed by atoms with Gasteiger partial charge in [0.2, 0.25) is 0 Å². The van der Waals surface area contributed by atoms with Gasteiger partial charge in [0.15, 0.2) is 5.13 Å². The summed E-state index contributed by atoms with van der Waals surface area (Å²) in [5, 5.41) is 11.8. The van der Waals surface area contributed by atoms with Crippen LogP contribution < -0.4 is 4.90 Å². The lowest BCUT2D eigenvalue weighted by atomic mass is 9.95. The molecule has 1 aromatic heterocycles. The summed E-state index contributed by atoms with van der Waals surface area (Å²) in [4.78, 5) is 32.3. The number of hydrogen-bond acceptors (Lipinski definition) is 5. The van der Waals surface area contributed by atoms with Crippen molar-refractivity contribution in [1.82, 2.24) is 4.98 Å². The van der Waals surface area contributed by atoms with Gasteiger partial charge in [-0.25, -0.2) is 9.37 Å². The number of anilines is 1. The van der Waals surface area contributed by atoms with Crippen LogP contribution in [0.3, 0.4) is 0 Å². The van der Waals surface area contributed by atoms with Crippen molar-refractivity contribution in [2.24, 2.45) is 0 Å². The number of carbonyl (C=O) groups excluding carboxylic acids is 2. The first-order valence-electron chi connectivity index (χ1n) is 10.5. The Morgan fingerprint density at radius 3 is 2.50 bits per heavy atom. The van der Waals surface area contributed by atoms with E-state index < -0.39 is 29.3 Å². The predicted molar refractivity (Wildman–Crippen MR) is 132 cm³/mol. The summed E-state index contributed by atoms with van der Waals surface area (Å²) in [6.45, 7) is 3.88. The van der Waals surface area contributed by atoms with Gasteiger partial charge < -0.3 is 5.11 Å². The lowest BCUT2D eigenvalue weighted by Gasteiger charge is -2.23. The number of nitrogens with zero attached hydrogens (tertiary/aromatic N) is 2. The minimum atomic E-state index is -1.18. The third-order valence-corrected chi connectivity index (χ3v) is 7.04. The average Bonchev–Trinajstić information content (AvgIpc) is 3.33. The molecule has 0 spiro atoms. The van der Waals surface area contributed by atoms with Crippen LogP contribution in [0.15, 0.2) is 66.2 Å². The van der Waals surface area contributed by atoms with Crippen LogP contribution in [-0.2, 0) is 9.59 Å². The molecule has 1 fully saturated rings. The summed E-state index contributed by atoms with van der Waals surface area (Å²) in [6, 6.07) is 14.8. The van der Waals surface area contributed by atoms with E-state index in [9.17, 15) is 14.7 Å². The van der Waals surface area contributed by atoms with E-state index in [0.717, 1.165) is 15.8 Å². The number of aliphatic hydroxyl groups is 1. The largest absolute Gasteiger partial charge is 0.507 e. The number of halogens is 2. The molecular formula is C26H18ClFN2O3S. The van der Waals surface area contributed by atoms with Crippen molar-refractivity contribution in [2.75, 3.05) is 4.90 Å². The molecule has 3 aromatic carbocycles. The summed E-state index contributed by atoms with van der Waals surface area (Å²) >= 11 is 7.20. The third kappa shape index (κ3) is 3.57. The van der Waals surface area contributed by atoms with Gasteiger partial charge in [0.05, 0.1) is 15.8 Å². The predicted octanol–water partition coefficient (Wildman–Crippen LogP) is 6.33. The minimum Gasteiger partial charge on any atom is -0.507 e. The second kappa shape index (κ2) is 8.34. The summed E-state index contributed by atoms with van der Waals surface area (Å²) < 4.78 is 15.9. The number of carbonyl (C=O) groups is 2. The first kappa shape index (κ1) is 22.3. The van der Waals surface area contributed by atoms with Crippen LogP contribution in [-0.4, -0.2) is 21.8 Å². The number of fused-ring (bicyclic) bond motifs is 1. The standard InChI is InChI=1S/C26H18ClFN2O3S/c1-13-11-14(2)21-19(12-13)34-26(29-21)30-22(17-5-3-4-6-18(17)28)20(24(32)25(30)33)23(31)15-7-9-16(27)10-8-15/h3-12,22,31H,1-2H3/b23-20+. The summed E-state index contributed by atoms with van der Waals surface area (Å²) in [5.41, 5.74) is 2.85. The fourth-order valence-corrected chi connectivity index (χ4v) is 5.54. The molecule has 1 unspecified atom stereocenters. The molecule has 1 amide bonds. The molecule has 0 aliphatic carbocycles. The number of aromatic nitrogens is 1. The molecule has 170 valence electrons. The van der Waals surface area contributed by atoms with Gasteiger partial charge in [-0.3, -0.25) is 14.5 Å². The van der Waals surface area contributed by atoms with E-state index in [1.165, 1.54) is 46.6 Å². The van der Waals surface area contributed by atoms with Crippen molar-refractivity contribution in [3.63, 3.8) is 0 Å². The number of aryl methyl sites for hydroxylation is 2. The summed E-state index contributed by atoms with van der Waals surface area (Å²) in [7, 11) is 0. The first-order valence-corrected chi connectivity index (χ1v) is 11.6. The summed E-state index contributed by atoms with van der Waals surface area (Å²) in [5.74, 6) is -2.79. The van der Waals surface area contributed by atoms with E-state index in [-0.39, 0.29) is 16.3 Å². The van der Waals surface area contributed by atoms with Gasteiger partial charge in [-0.05, 0) is 61.4 Å². The Labute approximate surface area is 203 Å². The SMILES string of the molecule is Cc1cc(C)c2nc(N3C(=O)C(=O)/C(=C(/O)c4ccc(Cl)cc4)C3c3ccccc3F)sc2c1. The Morgan fingerprint density at radius 1 is 1.09 bits per heavy atom. The van der Waals surface area contributed by atoms with E-state index >= 15 is 4.39 Å². The van der Waals surface area contributed by atoms with Crippen LogP contribution in [0.5, 0.6) is 0 Å². The van der Waals surface area contributed by atoms with Crippen molar-refractivity contribution in [3.05, 3.63) is 99.3 Å². The van der Waals surface area contributed by atoms with Gasteiger partial charge in [0.1, 0.15) is 17.6 Å². The number of Topliss-reactive ketones (excluding diaryl/α,β-unsaturated/α-hetero) is 1. The number of ketones is 1. The van der Waals surface area contributed by atoms with Gasteiger partial charge in [-0.2, -0.15) is 0 Å². The van der Waals surface area contributed by atoms with Gasteiger partial charge in [-0.15, -0.1) is 0 Å². The Morgan fingerprint density at radius 2 is 1.79 bits per heavy atom. The number of thiazole rings is 1. The quantitative estimate of drug-likeness (QED) is 0.206. The van der Waals surface area contributed by atoms with E-state index in [1.807, 2.05) is 26.0 Å². The lowest BCUT2D eigenvalue weighted by Crippen LogP contribution is -2.29. The van der Waals surface area contributed by atoms with Crippen molar-refractivity contribution >= 4 is 55.7 Å². The van der Waals surface area contributed by atoms with Gasteiger partial charge in [0.25, 0.3) is 5.78 Å². The van der Waals surface area contributed by atoms with Gasteiger partial charge in [0, 0.05) is 16.1 Å². The maximum Gasteiger partial charge on any atom is 0.301 e. The van der Waals surface area contributed by atoms with Crippen molar-refractivity contribution < 1.29 is 19.1 Å².